The lowest BCUT2D eigenvalue weighted by Gasteiger charge is -2.07. The first-order valence-corrected chi connectivity index (χ1v) is 6.53. The van der Waals surface area contributed by atoms with Gasteiger partial charge in [-0.25, -0.2) is 9.78 Å². The first-order valence-electron chi connectivity index (χ1n) is 6.53. The number of nitrogens with zero attached hydrogens (tertiary/aromatic N) is 2. The molecule has 0 fully saturated rings. The van der Waals surface area contributed by atoms with Gasteiger partial charge in [-0.15, -0.1) is 0 Å². The highest BCUT2D eigenvalue weighted by Gasteiger charge is 2.14. The third-order valence-electron chi connectivity index (χ3n) is 3.01. The van der Waals surface area contributed by atoms with Crippen molar-refractivity contribution in [3.63, 3.8) is 0 Å². The highest BCUT2D eigenvalue weighted by molar-refractivity contribution is 6.00. The number of esters is 1. The molecule has 2 aromatic rings. The molecule has 5 heteroatoms. The fourth-order valence-electron chi connectivity index (χ4n) is 1.91. The van der Waals surface area contributed by atoms with Crippen molar-refractivity contribution in [2.24, 2.45) is 0 Å². The van der Waals surface area contributed by atoms with Crippen molar-refractivity contribution >= 4 is 11.8 Å². The molecule has 0 aliphatic rings. The van der Waals surface area contributed by atoms with Crippen LogP contribution in [0.4, 0.5) is 0 Å². The van der Waals surface area contributed by atoms with Crippen molar-refractivity contribution < 1.29 is 14.3 Å². The fourth-order valence-corrected chi connectivity index (χ4v) is 1.91. The molecule has 0 saturated carbocycles. The van der Waals surface area contributed by atoms with E-state index in [0.717, 1.165) is 11.1 Å². The standard InChI is InChI=1S/C16H16N2O3/c1-10-4-5-13(11(2)6-10)15(19)9-21-16(20)14-8-17-12(3)7-18-14/h4-8H,9H2,1-3H3. The second-order valence-electron chi connectivity index (χ2n) is 4.86. The molecule has 0 aliphatic carbocycles. The molecule has 0 spiro atoms. The molecule has 0 N–H and O–H groups in total. The Morgan fingerprint density at radius 3 is 2.48 bits per heavy atom. The first-order chi connectivity index (χ1) is 9.97. The van der Waals surface area contributed by atoms with E-state index >= 15 is 0 Å². The molecule has 2 rings (SSSR count). The molecule has 108 valence electrons. The van der Waals surface area contributed by atoms with Crippen LogP contribution in [-0.2, 0) is 4.74 Å². The van der Waals surface area contributed by atoms with Crippen molar-refractivity contribution in [2.75, 3.05) is 6.61 Å². The highest BCUT2D eigenvalue weighted by atomic mass is 16.5. The Hall–Kier alpha value is -2.56. The third kappa shape index (κ3) is 3.72. The van der Waals surface area contributed by atoms with Gasteiger partial charge in [-0.3, -0.25) is 9.78 Å². The van der Waals surface area contributed by atoms with Gasteiger partial charge in [-0.2, -0.15) is 0 Å². The summed E-state index contributed by atoms with van der Waals surface area (Å²) in [5, 5.41) is 0. The van der Waals surface area contributed by atoms with Gasteiger partial charge in [0.2, 0.25) is 5.78 Å². The smallest absolute Gasteiger partial charge is 0.358 e. The number of hydrogen-bond acceptors (Lipinski definition) is 5. The van der Waals surface area contributed by atoms with E-state index in [0.29, 0.717) is 11.3 Å². The number of benzene rings is 1. The Bertz CT molecular complexity index is 678. The zero-order valence-corrected chi connectivity index (χ0v) is 12.2. The van der Waals surface area contributed by atoms with E-state index in [2.05, 4.69) is 9.97 Å². The maximum absolute atomic E-state index is 12.1. The van der Waals surface area contributed by atoms with E-state index in [1.165, 1.54) is 12.4 Å². The summed E-state index contributed by atoms with van der Waals surface area (Å²) in [7, 11) is 0. The van der Waals surface area contributed by atoms with Crippen molar-refractivity contribution in [2.45, 2.75) is 20.8 Å². The maximum Gasteiger partial charge on any atom is 0.358 e. The molecule has 5 nitrogen and oxygen atoms in total. The van der Waals surface area contributed by atoms with Crippen LogP contribution in [0.2, 0.25) is 0 Å². The average Bonchev–Trinajstić information content (AvgIpc) is 2.45. The average molecular weight is 284 g/mol. The second-order valence-corrected chi connectivity index (χ2v) is 4.86. The van der Waals surface area contributed by atoms with Crippen molar-refractivity contribution in [3.05, 3.63) is 58.7 Å². The molecule has 21 heavy (non-hydrogen) atoms. The number of hydrogen-bond donors (Lipinski definition) is 0. The Morgan fingerprint density at radius 1 is 1.10 bits per heavy atom. The van der Waals surface area contributed by atoms with Crippen LogP contribution in [0.15, 0.2) is 30.6 Å². The Labute approximate surface area is 123 Å². The summed E-state index contributed by atoms with van der Waals surface area (Å²) in [6.45, 7) is 5.27. The van der Waals surface area contributed by atoms with Crippen LogP contribution in [-0.4, -0.2) is 28.3 Å². The minimum Gasteiger partial charge on any atom is -0.453 e. The molecule has 1 heterocycles. The lowest BCUT2D eigenvalue weighted by molar-refractivity contribution is 0.0468. The topological polar surface area (TPSA) is 69.2 Å². The van der Waals surface area contributed by atoms with E-state index in [4.69, 9.17) is 4.74 Å². The van der Waals surface area contributed by atoms with E-state index in [-0.39, 0.29) is 18.1 Å². The maximum atomic E-state index is 12.1. The van der Waals surface area contributed by atoms with Crippen molar-refractivity contribution in [1.29, 1.82) is 0 Å². The normalized spacial score (nSPS) is 10.2. The van der Waals surface area contributed by atoms with Gasteiger partial charge in [0.15, 0.2) is 12.3 Å². The molecule has 0 saturated heterocycles. The van der Waals surface area contributed by atoms with Crippen LogP contribution < -0.4 is 0 Å². The summed E-state index contributed by atoms with van der Waals surface area (Å²) >= 11 is 0. The van der Waals surface area contributed by atoms with E-state index in [9.17, 15) is 9.59 Å². The number of aryl methyl sites for hydroxylation is 3. The first kappa shape index (κ1) is 14.8. The van der Waals surface area contributed by atoms with Gasteiger partial charge < -0.3 is 4.74 Å². The van der Waals surface area contributed by atoms with Crippen LogP contribution in [0.25, 0.3) is 0 Å². The number of aromatic nitrogens is 2. The molecular weight excluding hydrogens is 268 g/mol. The Kier molecular flexibility index (Phi) is 4.42. The lowest BCUT2D eigenvalue weighted by Crippen LogP contribution is -2.16. The van der Waals surface area contributed by atoms with Gasteiger partial charge >= 0.3 is 5.97 Å². The number of ketones is 1. The number of Topliss-reactive ketones (excluding diaryl/α,β-unsaturated/α-hetero) is 1. The molecule has 0 amide bonds. The van der Waals surface area contributed by atoms with E-state index in [1.54, 1.807) is 13.0 Å². The Balaban J connectivity index is 2.00. The predicted molar refractivity (Wildman–Crippen MR) is 77.3 cm³/mol. The summed E-state index contributed by atoms with van der Waals surface area (Å²) in [5.41, 5.74) is 3.30. The third-order valence-corrected chi connectivity index (χ3v) is 3.01. The van der Waals surface area contributed by atoms with Gasteiger partial charge in [0.05, 0.1) is 11.9 Å². The number of carbonyl (C=O) groups is 2. The minimum atomic E-state index is -0.652. The lowest BCUT2D eigenvalue weighted by atomic mass is 10.0. The molecule has 0 radical (unpaired) electrons. The quantitative estimate of drug-likeness (QED) is 0.637. The minimum absolute atomic E-state index is 0.0917. The highest BCUT2D eigenvalue weighted by Crippen LogP contribution is 2.11. The summed E-state index contributed by atoms with van der Waals surface area (Å²) < 4.78 is 4.98. The second kappa shape index (κ2) is 6.26. The molecule has 0 atom stereocenters. The summed E-state index contributed by atoms with van der Waals surface area (Å²) in [4.78, 5) is 31.7. The number of ether oxygens (including phenoxy) is 1. The summed E-state index contributed by atoms with van der Waals surface area (Å²) in [6, 6.07) is 5.51. The molecule has 0 unspecified atom stereocenters. The van der Waals surface area contributed by atoms with Gasteiger partial charge in [0.25, 0.3) is 0 Å². The monoisotopic (exact) mass is 284 g/mol. The van der Waals surface area contributed by atoms with Crippen LogP contribution in [0, 0.1) is 20.8 Å². The van der Waals surface area contributed by atoms with Crippen molar-refractivity contribution in [3.8, 4) is 0 Å². The number of rotatable bonds is 4. The van der Waals surface area contributed by atoms with Crippen LogP contribution >= 0.6 is 0 Å². The molecule has 1 aromatic heterocycles. The largest absolute Gasteiger partial charge is 0.453 e. The molecule has 1 aromatic carbocycles. The zero-order chi connectivity index (χ0) is 15.4. The SMILES string of the molecule is Cc1ccc(C(=O)COC(=O)c2cnc(C)cn2)c(C)c1. The van der Waals surface area contributed by atoms with E-state index < -0.39 is 5.97 Å². The predicted octanol–water partition coefficient (Wildman–Crippen LogP) is 2.44. The van der Waals surface area contributed by atoms with Crippen LogP contribution in [0.3, 0.4) is 0 Å². The molecule has 0 bridgehead atoms. The fraction of sp³-hybridized carbons (Fsp3) is 0.250. The van der Waals surface area contributed by atoms with Crippen LogP contribution in [0.5, 0.6) is 0 Å². The van der Waals surface area contributed by atoms with Gasteiger partial charge in [-0.05, 0) is 26.3 Å². The van der Waals surface area contributed by atoms with Gasteiger partial charge in [0, 0.05) is 11.8 Å². The Morgan fingerprint density at radius 2 is 1.86 bits per heavy atom. The van der Waals surface area contributed by atoms with Crippen LogP contribution in [0.1, 0.15) is 37.7 Å². The van der Waals surface area contributed by atoms with Gasteiger partial charge in [0.1, 0.15) is 0 Å². The number of carbonyl (C=O) groups excluding carboxylic acids is 2. The van der Waals surface area contributed by atoms with Gasteiger partial charge in [-0.1, -0.05) is 23.8 Å². The van der Waals surface area contributed by atoms with E-state index in [1.807, 2.05) is 26.0 Å². The summed E-state index contributed by atoms with van der Waals surface area (Å²) in [6.07, 6.45) is 2.81. The zero-order valence-electron chi connectivity index (χ0n) is 12.2. The summed E-state index contributed by atoms with van der Waals surface area (Å²) in [5.74, 6) is -0.887. The molecular formula is C16H16N2O3. The molecule has 0 aliphatic heterocycles. The van der Waals surface area contributed by atoms with Crippen molar-refractivity contribution in [1.82, 2.24) is 9.97 Å².